The number of epoxide rings is 1. The Morgan fingerprint density at radius 2 is 1.59 bits per heavy atom. The molecule has 1 aromatic carbocycles. The summed E-state index contributed by atoms with van der Waals surface area (Å²) in [6.07, 6.45) is 8.41. The summed E-state index contributed by atoms with van der Waals surface area (Å²) >= 11 is 0. The van der Waals surface area contributed by atoms with Gasteiger partial charge in [0.25, 0.3) is 0 Å². The van der Waals surface area contributed by atoms with E-state index >= 15 is 0 Å². The van der Waals surface area contributed by atoms with Crippen LogP contribution in [0.1, 0.15) is 64.4 Å². The molecule has 0 spiro atoms. The molecule has 0 radical (unpaired) electrons. The van der Waals surface area contributed by atoms with Crippen LogP contribution in [0, 0.1) is 11.8 Å². The fourth-order valence-corrected chi connectivity index (χ4v) is 5.56. The molecular formula is C31H43N3O7. The second-order valence-corrected chi connectivity index (χ2v) is 11.8. The lowest BCUT2D eigenvalue weighted by Gasteiger charge is -2.28. The number of aliphatic hydroxyl groups excluding tert-OH is 1. The number of hydrogen-bond acceptors (Lipinski definition) is 7. The summed E-state index contributed by atoms with van der Waals surface area (Å²) in [7, 11) is 1.57. The van der Waals surface area contributed by atoms with Crippen molar-refractivity contribution in [2.75, 3.05) is 13.7 Å². The third-order valence-electron chi connectivity index (χ3n) is 8.46. The minimum absolute atomic E-state index is 0.162. The van der Waals surface area contributed by atoms with Gasteiger partial charge in [-0.25, -0.2) is 0 Å². The Morgan fingerprint density at radius 3 is 2.17 bits per heavy atom. The smallest absolute Gasteiger partial charge is 0.243 e. The highest BCUT2D eigenvalue weighted by Gasteiger charge is 2.50. The lowest BCUT2D eigenvalue weighted by atomic mass is 9.87. The fourth-order valence-electron chi connectivity index (χ4n) is 5.56. The SMILES string of the molecule is COc1ccc(C[C@H](NC(=O)[C@@H](C)NC(=O)C2CCC(O)CC2)C(=O)N[C@@H](CC2CC=CC2)C(=O)[C@@]2(C)CO2)cc1. The zero-order valence-electron chi connectivity index (χ0n) is 24.2. The average Bonchev–Trinajstić information content (AvgIpc) is 3.50. The number of aliphatic hydroxyl groups is 1. The number of ketones is 1. The standard InChI is InChI=1S/C31H43N3O7/c1-19(32-29(38)22-10-12-23(35)13-11-22)28(37)34-26(17-21-8-14-24(40-3)15-9-21)30(39)33-25(16-20-6-4-5-7-20)27(36)31(2)18-41-31/h4-5,8-9,14-15,19-20,22-23,25-26,35H,6-7,10-13,16-18H2,1-3H3,(H,32,38)(H,33,39)(H,34,37)/t19-,22?,23?,25+,26+,31-/m1/s1. The van der Waals surface area contributed by atoms with Crippen molar-refractivity contribution in [2.45, 2.75) is 95.0 Å². The molecule has 0 unspecified atom stereocenters. The van der Waals surface area contributed by atoms with Crippen LogP contribution in [0.25, 0.3) is 0 Å². The zero-order chi connectivity index (χ0) is 29.6. The number of Topliss-reactive ketones (excluding diaryl/α,β-unsaturated/α-hetero) is 1. The molecule has 2 aliphatic carbocycles. The highest BCUT2D eigenvalue weighted by molar-refractivity contribution is 5.98. The highest BCUT2D eigenvalue weighted by atomic mass is 16.6. The van der Waals surface area contributed by atoms with Gasteiger partial charge in [-0.05, 0) is 82.4 Å². The summed E-state index contributed by atoms with van der Waals surface area (Å²) in [6, 6.07) is 4.60. The molecule has 0 aromatic heterocycles. The van der Waals surface area contributed by atoms with Crippen LogP contribution >= 0.6 is 0 Å². The highest BCUT2D eigenvalue weighted by Crippen LogP contribution is 2.32. The second-order valence-electron chi connectivity index (χ2n) is 11.8. The van der Waals surface area contributed by atoms with Gasteiger partial charge in [-0.15, -0.1) is 0 Å². The topological polar surface area (TPSA) is 146 Å². The molecule has 3 amide bonds. The van der Waals surface area contributed by atoms with Crippen LogP contribution in [0.5, 0.6) is 5.75 Å². The maximum absolute atomic E-state index is 13.7. The molecule has 1 saturated carbocycles. The normalized spacial score (nSPS) is 26.0. The van der Waals surface area contributed by atoms with E-state index in [1.54, 1.807) is 33.1 Å². The Balaban J connectivity index is 1.45. The minimum atomic E-state index is -0.981. The molecule has 1 heterocycles. The van der Waals surface area contributed by atoms with Gasteiger partial charge < -0.3 is 30.5 Å². The van der Waals surface area contributed by atoms with Crippen LogP contribution in [0.3, 0.4) is 0 Å². The first-order valence-electron chi connectivity index (χ1n) is 14.6. The molecule has 1 aromatic rings. The van der Waals surface area contributed by atoms with Crippen LogP contribution < -0.4 is 20.7 Å². The van der Waals surface area contributed by atoms with Crippen molar-refractivity contribution in [1.82, 2.24) is 16.0 Å². The maximum atomic E-state index is 13.7. The van der Waals surface area contributed by atoms with Crippen LogP contribution in [0.2, 0.25) is 0 Å². The first-order valence-corrected chi connectivity index (χ1v) is 14.6. The Hall–Kier alpha value is -3.24. The molecule has 2 fully saturated rings. The van der Waals surface area contributed by atoms with Crippen LogP contribution in [-0.4, -0.2) is 72.2 Å². The first-order chi connectivity index (χ1) is 19.6. The minimum Gasteiger partial charge on any atom is -0.497 e. The number of carbonyl (C=O) groups excluding carboxylic acids is 4. The fraction of sp³-hybridized carbons (Fsp3) is 0.613. The molecule has 224 valence electrons. The number of rotatable bonds is 13. The average molecular weight is 570 g/mol. The van der Waals surface area contributed by atoms with Gasteiger partial charge in [0.15, 0.2) is 5.78 Å². The Labute approximate surface area is 241 Å². The molecule has 1 saturated heterocycles. The molecule has 10 heteroatoms. The summed E-state index contributed by atoms with van der Waals surface area (Å²) in [5.74, 6) is -0.702. The largest absolute Gasteiger partial charge is 0.497 e. The molecular weight excluding hydrogens is 526 g/mol. The summed E-state index contributed by atoms with van der Waals surface area (Å²) in [6.45, 7) is 3.64. The number of carbonyl (C=O) groups is 4. The number of amides is 3. The number of benzene rings is 1. The molecule has 4 atom stereocenters. The van der Waals surface area contributed by atoms with Gasteiger partial charge in [0.1, 0.15) is 23.4 Å². The van der Waals surface area contributed by atoms with E-state index in [0.717, 1.165) is 18.4 Å². The summed E-state index contributed by atoms with van der Waals surface area (Å²) < 4.78 is 10.6. The van der Waals surface area contributed by atoms with Crippen molar-refractivity contribution in [3.8, 4) is 5.75 Å². The van der Waals surface area contributed by atoms with Gasteiger partial charge in [-0.2, -0.15) is 0 Å². The van der Waals surface area contributed by atoms with E-state index in [2.05, 4.69) is 28.1 Å². The van der Waals surface area contributed by atoms with Crippen molar-refractivity contribution in [1.29, 1.82) is 0 Å². The molecule has 3 aliphatic rings. The van der Waals surface area contributed by atoms with Crippen molar-refractivity contribution in [2.24, 2.45) is 11.8 Å². The summed E-state index contributed by atoms with van der Waals surface area (Å²) in [5.41, 5.74) is -0.101. The zero-order valence-corrected chi connectivity index (χ0v) is 24.2. The molecule has 0 bridgehead atoms. The van der Waals surface area contributed by atoms with Crippen molar-refractivity contribution in [3.05, 3.63) is 42.0 Å². The van der Waals surface area contributed by atoms with Crippen LogP contribution in [0.4, 0.5) is 0 Å². The van der Waals surface area contributed by atoms with Gasteiger partial charge in [-0.3, -0.25) is 19.2 Å². The number of nitrogens with one attached hydrogen (secondary N) is 3. The van der Waals surface area contributed by atoms with E-state index in [-0.39, 0.29) is 36.1 Å². The van der Waals surface area contributed by atoms with E-state index in [4.69, 9.17) is 9.47 Å². The van der Waals surface area contributed by atoms with E-state index < -0.39 is 35.5 Å². The summed E-state index contributed by atoms with van der Waals surface area (Å²) in [4.78, 5) is 53.0. The number of ether oxygens (including phenoxy) is 2. The predicted molar refractivity (Wildman–Crippen MR) is 152 cm³/mol. The second kappa shape index (κ2) is 13.6. The lowest BCUT2D eigenvalue weighted by Crippen LogP contribution is -2.57. The molecule has 4 rings (SSSR count). The number of allylic oxidation sites excluding steroid dienone is 2. The van der Waals surface area contributed by atoms with E-state index in [1.807, 2.05) is 12.1 Å². The van der Waals surface area contributed by atoms with E-state index in [0.29, 0.717) is 44.5 Å². The molecule has 4 N–H and O–H groups in total. The van der Waals surface area contributed by atoms with Crippen molar-refractivity contribution >= 4 is 23.5 Å². The lowest BCUT2D eigenvalue weighted by molar-refractivity contribution is -0.135. The number of methoxy groups -OCH3 is 1. The Bertz CT molecular complexity index is 1120. The van der Waals surface area contributed by atoms with E-state index in [9.17, 15) is 24.3 Å². The third-order valence-corrected chi connectivity index (χ3v) is 8.46. The third kappa shape index (κ3) is 8.39. The van der Waals surface area contributed by atoms with Crippen molar-refractivity contribution < 1.29 is 33.8 Å². The predicted octanol–water partition coefficient (Wildman–Crippen LogP) is 1.98. The van der Waals surface area contributed by atoms with Gasteiger partial charge >= 0.3 is 0 Å². The number of hydrogen-bond donors (Lipinski definition) is 4. The quantitative estimate of drug-likeness (QED) is 0.210. The monoisotopic (exact) mass is 569 g/mol. The van der Waals surface area contributed by atoms with Gasteiger partial charge in [0, 0.05) is 12.3 Å². The summed E-state index contributed by atoms with van der Waals surface area (Å²) in [5, 5.41) is 18.2. The maximum Gasteiger partial charge on any atom is 0.243 e. The molecule has 1 aliphatic heterocycles. The van der Waals surface area contributed by atoms with Gasteiger partial charge in [0.2, 0.25) is 17.7 Å². The van der Waals surface area contributed by atoms with Gasteiger partial charge in [0.05, 0.1) is 25.9 Å². The Morgan fingerprint density at radius 1 is 0.976 bits per heavy atom. The molecule has 41 heavy (non-hydrogen) atoms. The van der Waals surface area contributed by atoms with E-state index in [1.165, 1.54) is 0 Å². The Kier molecular flexibility index (Phi) is 10.2. The van der Waals surface area contributed by atoms with Gasteiger partial charge in [-0.1, -0.05) is 24.3 Å². The van der Waals surface area contributed by atoms with Crippen LogP contribution in [0.15, 0.2) is 36.4 Å². The molecule has 10 nitrogen and oxygen atoms in total. The first kappa shape index (κ1) is 30.7. The van der Waals surface area contributed by atoms with Crippen molar-refractivity contribution in [3.63, 3.8) is 0 Å². The van der Waals surface area contributed by atoms with Crippen LogP contribution in [-0.2, 0) is 30.3 Å².